The van der Waals surface area contributed by atoms with Crippen LogP contribution in [0.25, 0.3) is 0 Å². The summed E-state index contributed by atoms with van der Waals surface area (Å²) in [6.07, 6.45) is 0. The van der Waals surface area contributed by atoms with E-state index in [4.69, 9.17) is 5.11 Å². The van der Waals surface area contributed by atoms with Crippen LogP contribution in [-0.2, 0) is 9.53 Å². The van der Waals surface area contributed by atoms with Crippen molar-refractivity contribution in [2.24, 2.45) is 0 Å². The van der Waals surface area contributed by atoms with Crippen molar-refractivity contribution in [2.45, 2.75) is 20.8 Å². The van der Waals surface area contributed by atoms with Crippen molar-refractivity contribution in [2.75, 3.05) is 13.2 Å². The van der Waals surface area contributed by atoms with Gasteiger partial charge in [-0.1, -0.05) is 0 Å². The molecule has 4 heteroatoms. The maximum Gasteiger partial charge on any atom is 0.302 e. The van der Waals surface area contributed by atoms with Gasteiger partial charge in [0, 0.05) is 13.5 Å². The van der Waals surface area contributed by atoms with Crippen LogP contribution in [0.15, 0.2) is 0 Å². The summed E-state index contributed by atoms with van der Waals surface area (Å²) in [5, 5.41) is 7.57. The number of aliphatic hydroxyl groups is 1. The minimum Gasteiger partial charge on any atom is -0.466 e. The van der Waals surface area contributed by atoms with Gasteiger partial charge in [-0.05, 0) is 13.8 Å². The average Bonchev–Trinajstić information content (AvgIpc) is 1.67. The first kappa shape index (κ1) is 16.5. The van der Waals surface area contributed by atoms with Gasteiger partial charge in [0.15, 0.2) is 0 Å². The Kier molecular flexibility index (Phi) is 26.3. The van der Waals surface area contributed by atoms with Gasteiger partial charge in [-0.2, -0.15) is 0 Å². The summed E-state index contributed by atoms with van der Waals surface area (Å²) in [7, 11) is 0. The Balaban J connectivity index is -0.000000107. The van der Waals surface area contributed by atoms with Crippen LogP contribution in [0, 0.1) is 0 Å². The van der Waals surface area contributed by atoms with E-state index in [1.54, 1.807) is 13.8 Å². The Morgan fingerprint density at radius 1 is 1.50 bits per heavy atom. The predicted octanol–water partition coefficient (Wildman–Crippen LogP) is 1.15. The molecule has 0 bridgehead atoms. The number of carbonyl (C=O) groups is 1. The summed E-state index contributed by atoms with van der Waals surface area (Å²) in [5.74, 6) is -0.211. The van der Waals surface area contributed by atoms with Gasteiger partial charge in [0.25, 0.3) is 0 Å². The number of esters is 1. The molecule has 0 aliphatic heterocycles. The van der Waals surface area contributed by atoms with Gasteiger partial charge in [-0.3, -0.25) is 4.79 Å². The van der Waals surface area contributed by atoms with Crippen LogP contribution >= 0.6 is 17.0 Å². The molecule has 3 nitrogen and oxygen atoms in total. The van der Waals surface area contributed by atoms with Crippen LogP contribution in [0.2, 0.25) is 0 Å². The first-order valence-corrected chi connectivity index (χ1v) is 2.93. The van der Waals surface area contributed by atoms with E-state index in [0.29, 0.717) is 6.61 Å². The first-order valence-electron chi connectivity index (χ1n) is 2.93. The lowest BCUT2D eigenvalue weighted by Crippen LogP contribution is -1.95. The van der Waals surface area contributed by atoms with Crippen LogP contribution in [-0.4, -0.2) is 24.3 Å². The molecule has 64 valence electrons. The fraction of sp³-hybridized carbons (Fsp3) is 0.833. The van der Waals surface area contributed by atoms with E-state index in [2.05, 4.69) is 4.74 Å². The molecule has 0 spiro atoms. The molecule has 10 heavy (non-hydrogen) atoms. The van der Waals surface area contributed by atoms with E-state index in [0.717, 1.165) is 0 Å². The average molecular weight is 215 g/mol. The van der Waals surface area contributed by atoms with Gasteiger partial charge in [0.1, 0.15) is 0 Å². The van der Waals surface area contributed by atoms with Gasteiger partial charge >= 0.3 is 5.97 Å². The van der Waals surface area contributed by atoms with Crippen LogP contribution in [0.5, 0.6) is 0 Å². The van der Waals surface area contributed by atoms with Gasteiger partial charge in [-0.25, -0.2) is 0 Å². The second kappa shape index (κ2) is 16.0. The third kappa shape index (κ3) is 44.6. The molecule has 0 fully saturated rings. The summed E-state index contributed by atoms with van der Waals surface area (Å²) in [4.78, 5) is 9.82. The lowest BCUT2D eigenvalue weighted by molar-refractivity contribution is -0.140. The molecule has 0 rings (SSSR count). The predicted molar refractivity (Wildman–Crippen MR) is 45.4 cm³/mol. The van der Waals surface area contributed by atoms with Crippen molar-refractivity contribution in [1.82, 2.24) is 0 Å². The standard InChI is InChI=1S/C4H8O2.C2H6O.BrH/c1-3-6-4(2)5;1-2-3;/h3H2,1-2H3;3H,2H2,1H3;1H. The molecule has 0 amide bonds. The Hall–Kier alpha value is -0.0900. The lowest BCUT2D eigenvalue weighted by atomic mass is 10.8. The summed E-state index contributed by atoms with van der Waals surface area (Å²) >= 11 is 0. The van der Waals surface area contributed by atoms with Gasteiger partial charge in [-0.15, -0.1) is 17.0 Å². The molecule has 0 heterocycles. The zero-order chi connectivity index (χ0) is 7.70. The number of ether oxygens (including phenoxy) is 1. The highest BCUT2D eigenvalue weighted by atomic mass is 79.9. The van der Waals surface area contributed by atoms with Crippen molar-refractivity contribution >= 4 is 23.0 Å². The highest BCUT2D eigenvalue weighted by Crippen LogP contribution is 1.69. The number of aliphatic hydroxyl groups excluding tert-OH is 1. The largest absolute Gasteiger partial charge is 0.466 e. The number of rotatable bonds is 1. The molecular weight excluding hydrogens is 200 g/mol. The number of carbonyl (C=O) groups excluding carboxylic acids is 1. The maximum absolute atomic E-state index is 9.82. The number of halogens is 1. The SMILES string of the molecule is Br.CCO.CCOC(C)=O. The van der Waals surface area contributed by atoms with Crippen LogP contribution in [0.4, 0.5) is 0 Å². The monoisotopic (exact) mass is 214 g/mol. The highest BCUT2D eigenvalue weighted by molar-refractivity contribution is 8.93. The van der Waals surface area contributed by atoms with E-state index < -0.39 is 0 Å². The van der Waals surface area contributed by atoms with Crippen molar-refractivity contribution in [3.63, 3.8) is 0 Å². The molecule has 0 aromatic heterocycles. The zero-order valence-corrected chi connectivity index (χ0v) is 8.30. The molecule has 0 unspecified atom stereocenters. The smallest absolute Gasteiger partial charge is 0.302 e. The lowest BCUT2D eigenvalue weighted by Gasteiger charge is -1.89. The second-order valence-corrected chi connectivity index (χ2v) is 1.24. The normalized spacial score (nSPS) is 6.40. The quantitative estimate of drug-likeness (QED) is 0.667. The van der Waals surface area contributed by atoms with Crippen LogP contribution in [0.3, 0.4) is 0 Å². The van der Waals surface area contributed by atoms with Gasteiger partial charge in [0.05, 0.1) is 6.61 Å². The molecule has 0 atom stereocenters. The number of hydrogen-bond donors (Lipinski definition) is 1. The third-order valence-corrected chi connectivity index (χ3v) is 0.348. The van der Waals surface area contributed by atoms with Crippen LogP contribution in [0.1, 0.15) is 20.8 Å². The van der Waals surface area contributed by atoms with E-state index in [-0.39, 0.29) is 29.6 Å². The Morgan fingerprint density at radius 2 is 1.80 bits per heavy atom. The summed E-state index contributed by atoms with van der Waals surface area (Å²) in [5.41, 5.74) is 0. The summed E-state index contributed by atoms with van der Waals surface area (Å²) in [6.45, 7) is 5.58. The molecule has 0 aromatic rings. The minimum atomic E-state index is -0.211. The van der Waals surface area contributed by atoms with Gasteiger partial charge < -0.3 is 9.84 Å². The molecular formula is C6H15BrO3. The molecule has 0 aromatic carbocycles. The van der Waals surface area contributed by atoms with E-state index in [1.807, 2.05) is 0 Å². The summed E-state index contributed by atoms with van der Waals surface area (Å²) in [6, 6.07) is 0. The first-order chi connectivity index (χ1) is 4.18. The van der Waals surface area contributed by atoms with Crippen molar-refractivity contribution in [3.05, 3.63) is 0 Å². The van der Waals surface area contributed by atoms with E-state index in [9.17, 15) is 4.79 Å². The minimum absolute atomic E-state index is 0. The Bertz CT molecular complexity index is 66.0. The van der Waals surface area contributed by atoms with E-state index in [1.165, 1.54) is 6.92 Å². The van der Waals surface area contributed by atoms with Crippen molar-refractivity contribution in [3.8, 4) is 0 Å². The zero-order valence-electron chi connectivity index (χ0n) is 6.59. The topological polar surface area (TPSA) is 46.5 Å². The second-order valence-electron chi connectivity index (χ2n) is 1.24. The fourth-order valence-corrected chi connectivity index (χ4v) is 0.203. The molecule has 0 radical (unpaired) electrons. The molecule has 1 N–H and O–H groups in total. The van der Waals surface area contributed by atoms with E-state index >= 15 is 0 Å². The number of hydrogen-bond acceptors (Lipinski definition) is 3. The fourth-order valence-electron chi connectivity index (χ4n) is 0.203. The highest BCUT2D eigenvalue weighted by Gasteiger charge is 1.81. The third-order valence-electron chi connectivity index (χ3n) is 0.348. The van der Waals surface area contributed by atoms with Crippen molar-refractivity contribution in [1.29, 1.82) is 0 Å². The molecule has 0 aliphatic carbocycles. The summed E-state index contributed by atoms with van der Waals surface area (Å²) < 4.78 is 4.40. The Labute approximate surface area is 72.2 Å². The van der Waals surface area contributed by atoms with Crippen molar-refractivity contribution < 1.29 is 14.6 Å². The molecule has 0 saturated heterocycles. The molecule has 0 aliphatic rings. The Morgan fingerprint density at radius 3 is 1.80 bits per heavy atom. The maximum atomic E-state index is 9.82. The van der Waals surface area contributed by atoms with Gasteiger partial charge in [0.2, 0.25) is 0 Å². The van der Waals surface area contributed by atoms with Crippen LogP contribution < -0.4 is 0 Å². The molecule has 0 saturated carbocycles.